The normalized spacial score (nSPS) is 17.9. The number of hydrogen-bond donors (Lipinski definition) is 3. The minimum Gasteiger partial charge on any atom is -0.388 e. The summed E-state index contributed by atoms with van der Waals surface area (Å²) in [6.45, 7) is 5.41. The van der Waals surface area contributed by atoms with E-state index in [1.54, 1.807) is 24.3 Å². The molecule has 4 rings (SSSR count). The van der Waals surface area contributed by atoms with Gasteiger partial charge < -0.3 is 10.4 Å². The van der Waals surface area contributed by atoms with Crippen LogP contribution in [0.3, 0.4) is 0 Å². The molecular formula is C25H26N2O4S. The molecule has 0 fully saturated rings. The molecule has 0 spiro atoms. The molecule has 0 amide bonds. The van der Waals surface area contributed by atoms with Crippen molar-refractivity contribution in [2.45, 2.75) is 44.2 Å². The number of Topliss-reactive ketones (excluding diaryl/α,β-unsaturated/α-hetero) is 1. The van der Waals surface area contributed by atoms with E-state index in [-0.39, 0.29) is 16.7 Å². The lowest BCUT2D eigenvalue weighted by atomic mass is 9.90. The number of fused-ring (bicyclic) bond motifs is 1. The van der Waals surface area contributed by atoms with Gasteiger partial charge in [0.25, 0.3) is 10.0 Å². The predicted molar refractivity (Wildman–Crippen MR) is 126 cm³/mol. The Hall–Kier alpha value is -3.16. The third-order valence-corrected chi connectivity index (χ3v) is 7.31. The van der Waals surface area contributed by atoms with Crippen molar-refractivity contribution in [3.8, 4) is 0 Å². The fourth-order valence-corrected chi connectivity index (χ4v) is 5.01. The van der Waals surface area contributed by atoms with Crippen molar-refractivity contribution in [1.82, 2.24) is 0 Å². The monoisotopic (exact) mass is 450 g/mol. The highest BCUT2D eigenvalue weighted by Crippen LogP contribution is 2.40. The van der Waals surface area contributed by atoms with Crippen molar-refractivity contribution >= 4 is 27.2 Å². The Balaban J connectivity index is 1.60. The maximum absolute atomic E-state index is 12.9. The number of hydrogen-bond acceptors (Lipinski definition) is 5. The largest absolute Gasteiger partial charge is 0.388 e. The van der Waals surface area contributed by atoms with Crippen molar-refractivity contribution in [2.24, 2.45) is 0 Å². The van der Waals surface area contributed by atoms with E-state index < -0.39 is 16.1 Å². The molecule has 0 aromatic heterocycles. The van der Waals surface area contributed by atoms with Crippen LogP contribution in [0.2, 0.25) is 0 Å². The van der Waals surface area contributed by atoms with Gasteiger partial charge in [0, 0.05) is 28.9 Å². The molecule has 6 nitrogen and oxygen atoms in total. The fraction of sp³-hybridized carbons (Fsp3) is 0.240. The first-order valence-electron chi connectivity index (χ1n) is 10.4. The molecule has 7 heteroatoms. The maximum Gasteiger partial charge on any atom is 0.261 e. The van der Waals surface area contributed by atoms with E-state index in [2.05, 4.69) is 10.0 Å². The minimum atomic E-state index is -3.81. The number of nitrogens with one attached hydrogen (secondary N) is 2. The Morgan fingerprint density at radius 1 is 1.03 bits per heavy atom. The Morgan fingerprint density at radius 3 is 2.53 bits per heavy atom. The molecular weight excluding hydrogens is 424 g/mol. The summed E-state index contributed by atoms with van der Waals surface area (Å²) in [4.78, 5) is 11.8. The lowest BCUT2D eigenvalue weighted by molar-refractivity contribution is 0.101. The molecule has 166 valence electrons. The van der Waals surface area contributed by atoms with Gasteiger partial charge in [-0.2, -0.15) is 0 Å². The summed E-state index contributed by atoms with van der Waals surface area (Å²) in [5, 5.41) is 14.2. The van der Waals surface area contributed by atoms with E-state index in [0.717, 1.165) is 16.7 Å². The molecule has 0 aliphatic carbocycles. The number of anilines is 2. The van der Waals surface area contributed by atoms with Crippen LogP contribution >= 0.6 is 0 Å². The number of ketones is 1. The van der Waals surface area contributed by atoms with Crippen molar-refractivity contribution in [1.29, 1.82) is 0 Å². The Kier molecular flexibility index (Phi) is 5.79. The van der Waals surface area contributed by atoms with Gasteiger partial charge in [0.1, 0.15) is 0 Å². The van der Waals surface area contributed by atoms with Gasteiger partial charge in [-0.15, -0.1) is 0 Å². The molecule has 3 N–H and O–H groups in total. The third kappa shape index (κ3) is 4.40. The standard InChI is InChI=1S/C25H26N2O4S/c1-15-7-8-20(11-16(15)2)27-32(30,31)21-9-10-23-22(13-21)25(29)14-24(26-23)19-6-4-5-18(12-19)17(3)28/h4-13,24-27,29H,14H2,1-3H3. The quantitative estimate of drug-likeness (QED) is 0.481. The van der Waals surface area contributed by atoms with Gasteiger partial charge in [-0.25, -0.2) is 8.42 Å². The van der Waals surface area contributed by atoms with E-state index in [1.165, 1.54) is 19.1 Å². The van der Waals surface area contributed by atoms with Gasteiger partial charge in [-0.05, 0) is 73.9 Å². The SMILES string of the molecule is CC(=O)c1cccc(C2CC(O)c3cc(S(=O)(=O)Nc4ccc(C)c(C)c4)ccc3N2)c1. The second-order valence-electron chi connectivity index (χ2n) is 8.28. The van der Waals surface area contributed by atoms with E-state index in [9.17, 15) is 18.3 Å². The van der Waals surface area contributed by atoms with Crippen molar-refractivity contribution < 1.29 is 18.3 Å². The topological polar surface area (TPSA) is 95.5 Å². The van der Waals surface area contributed by atoms with Gasteiger partial charge in [0.15, 0.2) is 5.78 Å². The summed E-state index contributed by atoms with van der Waals surface area (Å²) >= 11 is 0. The summed E-state index contributed by atoms with van der Waals surface area (Å²) in [6, 6.07) is 17.2. The molecule has 2 atom stereocenters. The molecule has 1 aliphatic heterocycles. The Morgan fingerprint density at radius 2 is 1.81 bits per heavy atom. The zero-order valence-corrected chi connectivity index (χ0v) is 19.0. The Bertz CT molecular complexity index is 1300. The summed E-state index contributed by atoms with van der Waals surface area (Å²) in [5.74, 6) is -0.0188. The number of benzene rings is 3. The molecule has 1 aliphatic rings. The number of aryl methyl sites for hydroxylation is 2. The van der Waals surface area contributed by atoms with Gasteiger partial charge in [0.05, 0.1) is 17.0 Å². The van der Waals surface area contributed by atoms with E-state index in [0.29, 0.717) is 28.9 Å². The van der Waals surface area contributed by atoms with E-state index in [1.807, 2.05) is 38.1 Å². The van der Waals surface area contributed by atoms with Crippen molar-refractivity contribution in [2.75, 3.05) is 10.0 Å². The molecule has 32 heavy (non-hydrogen) atoms. The van der Waals surface area contributed by atoms with Crippen LogP contribution in [0, 0.1) is 13.8 Å². The summed E-state index contributed by atoms with van der Waals surface area (Å²) in [7, 11) is -3.81. The molecule has 3 aromatic rings. The minimum absolute atomic E-state index is 0.0188. The highest BCUT2D eigenvalue weighted by atomic mass is 32.2. The number of sulfonamides is 1. The van der Waals surface area contributed by atoms with Gasteiger partial charge in [-0.3, -0.25) is 9.52 Å². The van der Waals surface area contributed by atoms with Crippen LogP contribution in [0.15, 0.2) is 65.6 Å². The fourth-order valence-electron chi connectivity index (χ4n) is 3.92. The number of aliphatic hydroxyl groups is 1. The first-order chi connectivity index (χ1) is 15.1. The zero-order chi connectivity index (χ0) is 23.0. The molecule has 2 unspecified atom stereocenters. The molecule has 1 heterocycles. The lowest BCUT2D eigenvalue weighted by Gasteiger charge is -2.31. The maximum atomic E-state index is 12.9. The molecule has 0 saturated carbocycles. The molecule has 0 saturated heterocycles. The van der Waals surface area contributed by atoms with Crippen LogP contribution in [-0.2, 0) is 10.0 Å². The summed E-state index contributed by atoms with van der Waals surface area (Å²) < 4.78 is 28.5. The highest BCUT2D eigenvalue weighted by molar-refractivity contribution is 7.92. The summed E-state index contributed by atoms with van der Waals surface area (Å²) in [6.07, 6.45) is -0.475. The first kappa shape index (κ1) is 22.0. The first-order valence-corrected chi connectivity index (χ1v) is 11.9. The van der Waals surface area contributed by atoms with Crippen LogP contribution < -0.4 is 10.0 Å². The van der Waals surface area contributed by atoms with Gasteiger partial charge in [0.2, 0.25) is 0 Å². The van der Waals surface area contributed by atoms with E-state index in [4.69, 9.17) is 0 Å². The van der Waals surface area contributed by atoms with Crippen LogP contribution in [0.1, 0.15) is 58.1 Å². The average Bonchev–Trinajstić information content (AvgIpc) is 2.76. The smallest absolute Gasteiger partial charge is 0.261 e. The predicted octanol–water partition coefficient (Wildman–Crippen LogP) is 4.90. The van der Waals surface area contributed by atoms with Crippen molar-refractivity contribution in [3.05, 3.63) is 88.5 Å². The number of aliphatic hydroxyl groups excluding tert-OH is 1. The third-order valence-electron chi connectivity index (χ3n) is 5.94. The Labute approximate surface area is 188 Å². The number of rotatable bonds is 5. The lowest BCUT2D eigenvalue weighted by Crippen LogP contribution is -2.22. The number of carbonyl (C=O) groups is 1. The van der Waals surface area contributed by atoms with Gasteiger partial charge >= 0.3 is 0 Å². The van der Waals surface area contributed by atoms with Crippen LogP contribution in [0.4, 0.5) is 11.4 Å². The molecule has 3 aromatic carbocycles. The second-order valence-corrected chi connectivity index (χ2v) is 9.97. The average molecular weight is 451 g/mol. The van der Waals surface area contributed by atoms with Gasteiger partial charge in [-0.1, -0.05) is 24.3 Å². The molecule has 0 bridgehead atoms. The summed E-state index contributed by atoms with van der Waals surface area (Å²) in [5.41, 5.74) is 5.29. The van der Waals surface area contributed by atoms with Crippen molar-refractivity contribution in [3.63, 3.8) is 0 Å². The highest BCUT2D eigenvalue weighted by Gasteiger charge is 2.28. The number of carbonyl (C=O) groups excluding carboxylic acids is 1. The zero-order valence-electron chi connectivity index (χ0n) is 18.2. The van der Waals surface area contributed by atoms with Crippen LogP contribution in [0.5, 0.6) is 0 Å². The van der Waals surface area contributed by atoms with E-state index >= 15 is 0 Å². The van der Waals surface area contributed by atoms with Crippen LogP contribution in [-0.4, -0.2) is 19.3 Å². The second kappa shape index (κ2) is 8.41. The molecule has 0 radical (unpaired) electrons. The van der Waals surface area contributed by atoms with Crippen LogP contribution in [0.25, 0.3) is 0 Å².